The molecule has 1 saturated carbocycles. The van der Waals surface area contributed by atoms with Gasteiger partial charge in [0.25, 0.3) is 0 Å². The van der Waals surface area contributed by atoms with E-state index in [1.165, 1.54) is 18.2 Å². The lowest BCUT2D eigenvalue weighted by molar-refractivity contribution is -0.384. The van der Waals surface area contributed by atoms with Gasteiger partial charge < -0.3 is 25.6 Å². The summed E-state index contributed by atoms with van der Waals surface area (Å²) in [7, 11) is 0. The van der Waals surface area contributed by atoms with E-state index in [-0.39, 0.29) is 60.5 Å². The first-order valence-electron chi connectivity index (χ1n) is 12.0. The minimum Gasteiger partial charge on any atom is -0.405 e. The minimum atomic E-state index is -4.84. The Morgan fingerprint density at radius 3 is 2.41 bits per heavy atom. The molecule has 4 N–H and O–H groups in total. The molecule has 14 heteroatoms. The molecule has 11 nitrogen and oxygen atoms in total. The SMILES string of the molecule is O=[N+]([O-])c1cnc(NCc2ccccc2OC(F)(F)F)nc1NC[C@H]1CC[C@H](N(CCO)CCO)CC1. The summed E-state index contributed by atoms with van der Waals surface area (Å²) >= 11 is 0. The van der Waals surface area contributed by atoms with Crippen molar-refractivity contribution < 1.29 is 33.0 Å². The zero-order valence-corrected chi connectivity index (χ0v) is 20.2. The van der Waals surface area contributed by atoms with Gasteiger partial charge in [-0.15, -0.1) is 13.2 Å². The van der Waals surface area contributed by atoms with Crippen LogP contribution in [0.4, 0.5) is 30.6 Å². The van der Waals surface area contributed by atoms with Gasteiger partial charge in [-0.25, -0.2) is 4.98 Å². The van der Waals surface area contributed by atoms with Crippen molar-refractivity contribution in [2.75, 3.05) is 43.5 Å². The highest BCUT2D eigenvalue weighted by Gasteiger charge is 2.32. The summed E-state index contributed by atoms with van der Waals surface area (Å²) in [4.78, 5) is 21.1. The van der Waals surface area contributed by atoms with Crippen LogP contribution in [0.2, 0.25) is 0 Å². The fraction of sp³-hybridized carbons (Fsp3) is 0.565. The molecule has 0 radical (unpaired) electrons. The fourth-order valence-electron chi connectivity index (χ4n) is 4.46. The van der Waals surface area contributed by atoms with Crippen molar-refractivity contribution in [1.29, 1.82) is 0 Å². The van der Waals surface area contributed by atoms with E-state index in [1.807, 2.05) is 0 Å². The largest absolute Gasteiger partial charge is 0.573 e. The summed E-state index contributed by atoms with van der Waals surface area (Å²) in [5, 5.41) is 35.8. The number of aliphatic hydroxyl groups excluding tert-OH is 2. The molecular weight excluding hydrogens is 497 g/mol. The zero-order valence-electron chi connectivity index (χ0n) is 20.2. The number of alkyl halides is 3. The number of nitrogens with one attached hydrogen (secondary N) is 2. The normalized spacial score (nSPS) is 18.0. The highest BCUT2D eigenvalue weighted by molar-refractivity contribution is 5.57. The zero-order chi connectivity index (χ0) is 26.8. The van der Waals surface area contributed by atoms with Crippen LogP contribution in [0.15, 0.2) is 30.5 Å². The number of nitro groups is 1. The van der Waals surface area contributed by atoms with Crippen LogP contribution in [0.5, 0.6) is 5.75 Å². The van der Waals surface area contributed by atoms with Crippen molar-refractivity contribution in [3.8, 4) is 5.75 Å². The van der Waals surface area contributed by atoms with Gasteiger partial charge in [0.2, 0.25) is 11.8 Å². The number of para-hydroxylation sites is 1. The molecule has 0 bridgehead atoms. The summed E-state index contributed by atoms with van der Waals surface area (Å²) in [6.45, 7) is 1.41. The summed E-state index contributed by atoms with van der Waals surface area (Å²) in [5.74, 6) is -0.0810. The van der Waals surface area contributed by atoms with Gasteiger partial charge in [0, 0.05) is 37.8 Å². The van der Waals surface area contributed by atoms with Crippen molar-refractivity contribution in [2.45, 2.75) is 44.6 Å². The maximum atomic E-state index is 12.7. The van der Waals surface area contributed by atoms with Gasteiger partial charge in [-0.05, 0) is 37.7 Å². The number of nitrogens with zero attached hydrogens (tertiary/aromatic N) is 4. The van der Waals surface area contributed by atoms with Gasteiger partial charge in [-0.3, -0.25) is 15.0 Å². The van der Waals surface area contributed by atoms with E-state index in [0.717, 1.165) is 31.9 Å². The van der Waals surface area contributed by atoms with Crippen LogP contribution in [-0.4, -0.2) is 75.3 Å². The lowest BCUT2D eigenvalue weighted by Crippen LogP contribution is -2.42. The Balaban J connectivity index is 1.61. The predicted molar refractivity (Wildman–Crippen MR) is 129 cm³/mol. The smallest absolute Gasteiger partial charge is 0.405 e. The summed E-state index contributed by atoms with van der Waals surface area (Å²) in [6, 6.07) is 5.89. The number of halogens is 3. The van der Waals surface area contributed by atoms with Crippen molar-refractivity contribution in [2.24, 2.45) is 5.92 Å². The number of rotatable bonds is 13. The molecule has 204 valence electrons. The van der Waals surface area contributed by atoms with Crippen molar-refractivity contribution in [3.05, 3.63) is 46.1 Å². The fourth-order valence-corrected chi connectivity index (χ4v) is 4.46. The van der Waals surface area contributed by atoms with Gasteiger partial charge in [0.1, 0.15) is 11.9 Å². The molecule has 1 aliphatic carbocycles. The molecule has 0 unspecified atom stereocenters. The molecule has 0 amide bonds. The Morgan fingerprint density at radius 2 is 1.78 bits per heavy atom. The van der Waals surface area contributed by atoms with Crippen LogP contribution >= 0.6 is 0 Å². The van der Waals surface area contributed by atoms with E-state index in [4.69, 9.17) is 0 Å². The average Bonchev–Trinajstić information content (AvgIpc) is 2.86. The Morgan fingerprint density at radius 1 is 1.11 bits per heavy atom. The lowest BCUT2D eigenvalue weighted by atomic mass is 9.85. The number of ether oxygens (including phenoxy) is 1. The van der Waals surface area contributed by atoms with Crippen molar-refractivity contribution in [3.63, 3.8) is 0 Å². The van der Waals surface area contributed by atoms with Gasteiger partial charge in [0.05, 0.1) is 18.1 Å². The quantitative estimate of drug-likeness (QED) is 0.226. The number of aromatic nitrogens is 2. The number of anilines is 2. The summed E-state index contributed by atoms with van der Waals surface area (Å²) < 4.78 is 42.0. The van der Waals surface area contributed by atoms with Crippen molar-refractivity contribution in [1.82, 2.24) is 14.9 Å². The van der Waals surface area contributed by atoms with Crippen LogP contribution in [0.3, 0.4) is 0 Å². The van der Waals surface area contributed by atoms with Crippen LogP contribution in [-0.2, 0) is 6.54 Å². The Labute approximate surface area is 211 Å². The molecule has 0 saturated heterocycles. The standard InChI is InChI=1S/C23H31F3N6O5/c24-23(25,26)37-20-4-2-1-3-17(20)14-28-22-29-15-19(32(35)36)21(30-22)27-13-16-5-7-18(8-6-16)31(9-11-33)10-12-34/h1-4,15-16,18,33-34H,5-14H2,(H2,27,28,29,30)/t16-,18-. The van der Waals surface area contributed by atoms with E-state index in [9.17, 15) is 33.5 Å². The second-order valence-electron chi connectivity index (χ2n) is 8.73. The molecule has 0 spiro atoms. The Kier molecular flexibility index (Phi) is 10.2. The summed E-state index contributed by atoms with van der Waals surface area (Å²) in [5.41, 5.74) is -0.0957. The molecule has 1 heterocycles. The van der Waals surface area contributed by atoms with E-state index in [2.05, 4.69) is 30.2 Å². The second kappa shape index (κ2) is 13.4. The third kappa shape index (κ3) is 8.68. The predicted octanol–water partition coefficient (Wildman–Crippen LogP) is 3.15. The molecule has 1 aromatic heterocycles. The number of aliphatic hydroxyl groups is 2. The Bertz CT molecular complexity index is 1010. The molecule has 1 aliphatic rings. The number of benzene rings is 1. The second-order valence-corrected chi connectivity index (χ2v) is 8.73. The van der Waals surface area contributed by atoms with E-state index in [0.29, 0.717) is 19.6 Å². The average molecular weight is 529 g/mol. The minimum absolute atomic E-state index is 0.0160. The maximum Gasteiger partial charge on any atom is 0.573 e. The maximum absolute atomic E-state index is 12.7. The topological polar surface area (TPSA) is 146 Å². The highest BCUT2D eigenvalue weighted by Crippen LogP contribution is 2.30. The van der Waals surface area contributed by atoms with Crippen LogP contribution in [0.25, 0.3) is 0 Å². The van der Waals surface area contributed by atoms with Gasteiger partial charge >= 0.3 is 12.0 Å². The van der Waals surface area contributed by atoms with Crippen LogP contribution in [0.1, 0.15) is 31.2 Å². The first-order valence-corrected chi connectivity index (χ1v) is 12.0. The molecule has 2 aromatic rings. The van der Waals surface area contributed by atoms with E-state index >= 15 is 0 Å². The molecule has 1 fully saturated rings. The highest BCUT2D eigenvalue weighted by atomic mass is 19.4. The van der Waals surface area contributed by atoms with Crippen LogP contribution in [0, 0.1) is 16.0 Å². The number of hydrogen-bond donors (Lipinski definition) is 4. The monoisotopic (exact) mass is 528 g/mol. The van der Waals surface area contributed by atoms with Crippen molar-refractivity contribution >= 4 is 17.5 Å². The molecule has 0 aliphatic heterocycles. The summed E-state index contributed by atoms with van der Waals surface area (Å²) in [6.07, 6.45) is -0.300. The first-order chi connectivity index (χ1) is 17.7. The van der Waals surface area contributed by atoms with Gasteiger partial charge in [-0.1, -0.05) is 18.2 Å². The van der Waals surface area contributed by atoms with Crippen LogP contribution < -0.4 is 15.4 Å². The number of hydrogen-bond acceptors (Lipinski definition) is 10. The molecule has 3 rings (SSSR count). The third-order valence-corrected chi connectivity index (χ3v) is 6.27. The lowest BCUT2D eigenvalue weighted by Gasteiger charge is -2.36. The molecule has 0 atom stereocenters. The molecular formula is C23H31F3N6O5. The van der Waals surface area contributed by atoms with E-state index in [1.54, 1.807) is 6.07 Å². The van der Waals surface area contributed by atoms with E-state index < -0.39 is 11.3 Å². The molecule has 1 aromatic carbocycles. The third-order valence-electron chi connectivity index (χ3n) is 6.27. The first kappa shape index (κ1) is 28.3. The van der Waals surface area contributed by atoms with Gasteiger partial charge in [-0.2, -0.15) is 4.98 Å². The molecule has 37 heavy (non-hydrogen) atoms. The van der Waals surface area contributed by atoms with Gasteiger partial charge in [0.15, 0.2) is 0 Å². The Hall–Kier alpha value is -3.23.